The number of hydrogen-bond acceptors (Lipinski definition) is 6. The number of carbonyl (C=O) groups excluding carboxylic acids is 4. The van der Waals surface area contributed by atoms with Crippen LogP contribution in [0.25, 0.3) is 10.9 Å². The molecular formula is C32H37ClN4O6. The SMILES string of the molecule is CC1=CCCOC(=O)C[C@H](c2ccc(O)c(Cl)c2)NC(=O)[C@@H](Cc2c[nH]c3ccccc23)N(C)C(=O)[C@H](C)NC(=O)CC1. The molecule has 0 bridgehead atoms. The summed E-state index contributed by atoms with van der Waals surface area (Å²) in [4.78, 5) is 57.7. The van der Waals surface area contributed by atoms with Gasteiger partial charge in [-0.25, -0.2) is 0 Å². The van der Waals surface area contributed by atoms with Crippen LogP contribution in [0.2, 0.25) is 5.02 Å². The van der Waals surface area contributed by atoms with Crippen LogP contribution in [0, 0.1) is 0 Å². The van der Waals surface area contributed by atoms with Gasteiger partial charge in [0.05, 0.1) is 24.1 Å². The fourth-order valence-corrected chi connectivity index (χ4v) is 5.31. The summed E-state index contributed by atoms with van der Waals surface area (Å²) in [5, 5.41) is 16.6. The third kappa shape index (κ3) is 8.16. The molecule has 43 heavy (non-hydrogen) atoms. The molecule has 4 N–H and O–H groups in total. The fraction of sp³-hybridized carbons (Fsp3) is 0.375. The highest BCUT2D eigenvalue weighted by atomic mass is 35.5. The lowest BCUT2D eigenvalue weighted by atomic mass is 9.99. The fourth-order valence-electron chi connectivity index (χ4n) is 5.13. The Labute approximate surface area is 255 Å². The minimum absolute atomic E-state index is 0.0624. The number of phenolic OH excluding ortho intramolecular Hbond substituents is 1. The van der Waals surface area contributed by atoms with Gasteiger partial charge in [0, 0.05) is 37.0 Å². The molecule has 2 heterocycles. The maximum atomic E-state index is 14.0. The first-order valence-corrected chi connectivity index (χ1v) is 14.6. The number of rotatable bonds is 3. The van der Waals surface area contributed by atoms with E-state index >= 15 is 0 Å². The van der Waals surface area contributed by atoms with E-state index < -0.39 is 35.9 Å². The lowest BCUT2D eigenvalue weighted by molar-refractivity contribution is -0.145. The van der Waals surface area contributed by atoms with Gasteiger partial charge in [-0.1, -0.05) is 47.5 Å². The van der Waals surface area contributed by atoms with E-state index in [4.69, 9.17) is 16.3 Å². The van der Waals surface area contributed by atoms with Gasteiger partial charge in [0.25, 0.3) is 0 Å². The number of allylic oxidation sites excluding steroid dienone is 1. The van der Waals surface area contributed by atoms with E-state index in [0.29, 0.717) is 18.4 Å². The van der Waals surface area contributed by atoms with Gasteiger partial charge < -0.3 is 30.4 Å². The maximum Gasteiger partial charge on any atom is 0.308 e. The van der Waals surface area contributed by atoms with Gasteiger partial charge in [-0.05, 0) is 56.0 Å². The number of halogens is 1. The zero-order valence-corrected chi connectivity index (χ0v) is 25.2. The third-order valence-electron chi connectivity index (χ3n) is 7.64. The number of hydrogen-bond donors (Lipinski definition) is 4. The van der Waals surface area contributed by atoms with Crippen molar-refractivity contribution in [3.8, 4) is 5.75 Å². The number of likely N-dealkylation sites (N-methyl/N-ethyl adjacent to an activating group) is 1. The number of amides is 3. The maximum absolute atomic E-state index is 14.0. The molecule has 10 nitrogen and oxygen atoms in total. The first-order valence-electron chi connectivity index (χ1n) is 14.2. The molecule has 0 unspecified atom stereocenters. The van der Waals surface area contributed by atoms with Crippen molar-refractivity contribution in [2.45, 2.75) is 64.1 Å². The van der Waals surface area contributed by atoms with Gasteiger partial charge in [0.1, 0.15) is 17.8 Å². The largest absolute Gasteiger partial charge is 0.506 e. The number of nitrogens with zero attached hydrogens (tertiary/aromatic N) is 1. The van der Waals surface area contributed by atoms with Crippen LogP contribution in [0.3, 0.4) is 0 Å². The number of esters is 1. The van der Waals surface area contributed by atoms with E-state index in [0.717, 1.165) is 22.0 Å². The van der Waals surface area contributed by atoms with E-state index in [1.165, 1.54) is 24.1 Å². The Morgan fingerprint density at radius 1 is 1.07 bits per heavy atom. The molecule has 1 aliphatic heterocycles. The van der Waals surface area contributed by atoms with Gasteiger partial charge >= 0.3 is 5.97 Å². The predicted molar refractivity (Wildman–Crippen MR) is 163 cm³/mol. The average Bonchev–Trinajstić information content (AvgIpc) is 3.39. The van der Waals surface area contributed by atoms with Crippen molar-refractivity contribution in [3.05, 3.63) is 76.5 Å². The number of benzene rings is 2. The molecule has 3 aromatic rings. The van der Waals surface area contributed by atoms with Crippen LogP contribution in [0.4, 0.5) is 0 Å². The first-order chi connectivity index (χ1) is 20.5. The number of cyclic esters (lactones) is 1. The van der Waals surface area contributed by atoms with E-state index in [9.17, 15) is 24.3 Å². The molecule has 4 rings (SSSR count). The molecule has 3 atom stereocenters. The van der Waals surface area contributed by atoms with Crippen molar-refractivity contribution >= 4 is 46.2 Å². The molecule has 0 aliphatic carbocycles. The van der Waals surface area contributed by atoms with Crippen LogP contribution >= 0.6 is 11.6 Å². The Bertz CT molecular complexity index is 1530. The molecule has 2 aromatic carbocycles. The highest BCUT2D eigenvalue weighted by Gasteiger charge is 2.33. The number of nitrogens with one attached hydrogen (secondary N) is 3. The molecule has 0 radical (unpaired) electrons. The summed E-state index contributed by atoms with van der Waals surface area (Å²) in [7, 11) is 1.52. The van der Waals surface area contributed by atoms with Gasteiger partial charge in [-0.15, -0.1) is 0 Å². The monoisotopic (exact) mass is 608 g/mol. The predicted octanol–water partition coefficient (Wildman–Crippen LogP) is 4.32. The summed E-state index contributed by atoms with van der Waals surface area (Å²) in [6.45, 7) is 3.62. The molecular weight excluding hydrogens is 572 g/mol. The van der Waals surface area contributed by atoms with Gasteiger partial charge in [-0.3, -0.25) is 19.2 Å². The van der Waals surface area contributed by atoms with Crippen LogP contribution in [0.15, 0.2) is 60.3 Å². The second kappa shape index (κ2) is 14.2. The Morgan fingerprint density at radius 2 is 1.84 bits per heavy atom. The molecule has 0 spiro atoms. The molecule has 0 saturated carbocycles. The molecule has 1 aliphatic rings. The van der Waals surface area contributed by atoms with Crippen LogP contribution in [0.5, 0.6) is 5.75 Å². The quantitative estimate of drug-likeness (QED) is 0.258. The summed E-state index contributed by atoms with van der Waals surface area (Å²) in [6.07, 6.45) is 4.83. The Morgan fingerprint density at radius 3 is 2.60 bits per heavy atom. The zero-order chi connectivity index (χ0) is 31.1. The molecule has 11 heteroatoms. The highest BCUT2D eigenvalue weighted by molar-refractivity contribution is 6.32. The molecule has 1 aromatic heterocycles. The van der Waals surface area contributed by atoms with E-state index in [1.54, 1.807) is 19.2 Å². The number of ether oxygens (including phenoxy) is 1. The number of aromatic hydroxyl groups is 1. The Kier molecular flexibility index (Phi) is 10.5. The van der Waals surface area contributed by atoms with Crippen molar-refractivity contribution in [3.63, 3.8) is 0 Å². The van der Waals surface area contributed by atoms with Crippen molar-refractivity contribution in [1.29, 1.82) is 0 Å². The number of aromatic amines is 1. The Balaban J connectivity index is 1.70. The number of H-pyrrole nitrogens is 1. The molecule has 0 saturated heterocycles. The second-order valence-electron chi connectivity index (χ2n) is 10.9. The standard InChI is InChI=1S/C32H37ClN4O6/c1-19-7-6-14-43-30(40)17-26(21-11-12-28(38)24(33)15-21)36-31(41)27(16-22-18-34-25-9-5-4-8-23(22)25)37(3)32(42)20(2)35-29(39)13-10-19/h4-5,7-9,11-12,15,18,20,26-27,34,38H,6,10,13-14,16-17H2,1-3H3,(H,35,39)(H,36,41)/t20-,26+,27+/m0/s1. The normalized spacial score (nSPS) is 21.8. The van der Waals surface area contributed by atoms with Crippen molar-refractivity contribution in [1.82, 2.24) is 20.5 Å². The lowest BCUT2D eigenvalue weighted by Crippen LogP contribution is -2.54. The highest BCUT2D eigenvalue weighted by Crippen LogP contribution is 2.29. The first kappa shape index (κ1) is 31.6. The van der Waals surface area contributed by atoms with Gasteiger partial charge in [-0.2, -0.15) is 0 Å². The van der Waals surface area contributed by atoms with Gasteiger partial charge in [0.2, 0.25) is 17.7 Å². The van der Waals surface area contributed by atoms with Gasteiger partial charge in [0.15, 0.2) is 0 Å². The Hall–Kier alpha value is -4.31. The lowest BCUT2D eigenvalue weighted by Gasteiger charge is -2.31. The van der Waals surface area contributed by atoms with Crippen molar-refractivity contribution in [2.75, 3.05) is 13.7 Å². The van der Waals surface area contributed by atoms with Crippen LogP contribution in [-0.2, 0) is 30.3 Å². The van der Waals surface area contributed by atoms with Crippen molar-refractivity contribution < 1.29 is 29.0 Å². The summed E-state index contributed by atoms with van der Waals surface area (Å²) in [5.74, 6) is -1.91. The summed E-state index contributed by atoms with van der Waals surface area (Å²) in [5.41, 5.74) is 3.15. The smallest absolute Gasteiger partial charge is 0.308 e. The molecule has 0 fully saturated rings. The number of aromatic nitrogens is 1. The van der Waals surface area contributed by atoms with Crippen LogP contribution in [0.1, 0.15) is 56.7 Å². The number of fused-ring (bicyclic) bond motifs is 1. The number of phenols is 1. The van der Waals surface area contributed by atoms with E-state index in [-0.39, 0.29) is 42.5 Å². The van der Waals surface area contributed by atoms with Crippen molar-refractivity contribution in [2.24, 2.45) is 0 Å². The summed E-state index contributed by atoms with van der Waals surface area (Å²) < 4.78 is 5.45. The number of carbonyl (C=O) groups is 4. The third-order valence-corrected chi connectivity index (χ3v) is 7.94. The molecule has 228 valence electrons. The zero-order valence-electron chi connectivity index (χ0n) is 24.5. The molecule has 3 amide bonds. The summed E-state index contributed by atoms with van der Waals surface area (Å²) >= 11 is 6.17. The van der Waals surface area contributed by atoms with Crippen LogP contribution < -0.4 is 10.6 Å². The average molecular weight is 609 g/mol. The summed E-state index contributed by atoms with van der Waals surface area (Å²) in [6, 6.07) is 9.34. The topological polar surface area (TPSA) is 141 Å². The van der Waals surface area contributed by atoms with Crippen LogP contribution in [-0.4, -0.2) is 64.4 Å². The number of para-hydroxylation sites is 1. The van der Waals surface area contributed by atoms with E-state index in [2.05, 4.69) is 15.6 Å². The minimum atomic E-state index is -0.999. The minimum Gasteiger partial charge on any atom is -0.506 e. The second-order valence-corrected chi connectivity index (χ2v) is 11.3. The van der Waals surface area contributed by atoms with E-state index in [1.807, 2.05) is 37.3 Å².